The van der Waals surface area contributed by atoms with Gasteiger partial charge in [-0.25, -0.2) is 0 Å². The molecular weight excluding hydrogens is 378 g/mol. The van der Waals surface area contributed by atoms with Crippen molar-refractivity contribution in [3.05, 3.63) is 46.5 Å². The van der Waals surface area contributed by atoms with Crippen LogP contribution in [0.3, 0.4) is 0 Å². The van der Waals surface area contributed by atoms with Crippen molar-refractivity contribution in [1.29, 1.82) is 0 Å². The summed E-state index contributed by atoms with van der Waals surface area (Å²) in [6.45, 7) is 0. The van der Waals surface area contributed by atoms with Gasteiger partial charge in [0.1, 0.15) is 17.1 Å². The van der Waals surface area contributed by atoms with Crippen molar-refractivity contribution in [2.45, 2.75) is 24.5 Å². The number of hydrogen-bond acceptors (Lipinski definition) is 8. The summed E-state index contributed by atoms with van der Waals surface area (Å²) in [5.41, 5.74) is 2.90. The van der Waals surface area contributed by atoms with Gasteiger partial charge in [0.2, 0.25) is 5.78 Å². The Bertz CT molecular complexity index is 1030. The van der Waals surface area contributed by atoms with Gasteiger partial charge in [-0.3, -0.25) is 24.3 Å². The molecule has 1 aromatic heterocycles. The molecule has 0 radical (unpaired) electrons. The highest BCUT2D eigenvalue weighted by molar-refractivity contribution is 6.24. The van der Waals surface area contributed by atoms with Crippen LogP contribution in [0, 0.1) is 11.8 Å². The van der Waals surface area contributed by atoms with Crippen LogP contribution in [-0.4, -0.2) is 68.4 Å². The number of nitrogens with zero attached hydrogens (tertiary/aromatic N) is 2. The van der Waals surface area contributed by atoms with E-state index in [1.165, 1.54) is 4.90 Å². The van der Waals surface area contributed by atoms with Gasteiger partial charge in [0.05, 0.1) is 11.7 Å². The molecule has 0 aromatic carbocycles. The average Bonchev–Trinajstić information content (AvgIpc) is 2.64. The minimum absolute atomic E-state index is 0.0357. The molecule has 0 spiro atoms. The van der Waals surface area contributed by atoms with Crippen LogP contribution in [-0.2, 0) is 20.8 Å². The molecule has 3 aliphatic carbocycles. The SMILES string of the molecule is CN(C)[C@@H]1C(=O)C(C(N)=O)=C(O)[C@@]2(O)C(=O)C3=C(O)c4cccnc4C[C@H]3C[C@@H]12. The largest absolute Gasteiger partial charge is 0.508 e. The second-order valence-corrected chi connectivity index (χ2v) is 7.96. The highest BCUT2D eigenvalue weighted by atomic mass is 16.3. The van der Waals surface area contributed by atoms with E-state index in [4.69, 9.17) is 5.73 Å². The lowest BCUT2D eigenvalue weighted by Gasteiger charge is -2.50. The topological polar surface area (TPSA) is 154 Å². The molecular formula is C20H21N3O6. The first-order valence-electron chi connectivity index (χ1n) is 9.19. The van der Waals surface area contributed by atoms with Crippen LogP contribution in [0.5, 0.6) is 0 Å². The van der Waals surface area contributed by atoms with Crippen molar-refractivity contribution >= 4 is 23.2 Å². The lowest BCUT2D eigenvalue weighted by Crippen LogP contribution is -2.65. The van der Waals surface area contributed by atoms with Gasteiger partial charge in [0, 0.05) is 23.3 Å². The van der Waals surface area contributed by atoms with Crippen LogP contribution in [0.25, 0.3) is 5.76 Å². The van der Waals surface area contributed by atoms with E-state index in [2.05, 4.69) is 4.98 Å². The summed E-state index contributed by atoms with van der Waals surface area (Å²) in [4.78, 5) is 43.9. The van der Waals surface area contributed by atoms with Crippen molar-refractivity contribution in [2.24, 2.45) is 17.6 Å². The molecule has 1 aromatic rings. The number of hydrogen-bond donors (Lipinski definition) is 4. The highest BCUT2D eigenvalue weighted by Crippen LogP contribution is 2.51. The molecule has 0 unspecified atom stereocenters. The third-order valence-corrected chi connectivity index (χ3v) is 6.21. The number of aliphatic hydroxyl groups is 3. The van der Waals surface area contributed by atoms with E-state index >= 15 is 0 Å². The summed E-state index contributed by atoms with van der Waals surface area (Å²) < 4.78 is 0. The maximum atomic E-state index is 13.4. The number of likely N-dealkylation sites (N-methyl/N-ethyl adjacent to an activating group) is 1. The fraction of sp³-hybridized carbons (Fsp3) is 0.400. The number of amides is 1. The normalized spacial score (nSPS) is 31.5. The lowest BCUT2D eigenvalue weighted by atomic mass is 9.58. The predicted octanol–water partition coefficient (Wildman–Crippen LogP) is -0.347. The van der Waals surface area contributed by atoms with Gasteiger partial charge in [-0.2, -0.15) is 0 Å². The summed E-state index contributed by atoms with van der Waals surface area (Å²) >= 11 is 0. The molecule has 1 fully saturated rings. The molecule has 1 heterocycles. The maximum Gasteiger partial charge on any atom is 0.255 e. The molecule has 0 aliphatic heterocycles. The Morgan fingerprint density at radius 2 is 2.00 bits per heavy atom. The molecule has 152 valence electrons. The predicted molar refractivity (Wildman–Crippen MR) is 100 cm³/mol. The molecule has 0 saturated heterocycles. The second kappa shape index (κ2) is 6.23. The van der Waals surface area contributed by atoms with Crippen LogP contribution < -0.4 is 5.73 Å². The monoisotopic (exact) mass is 399 g/mol. The highest BCUT2D eigenvalue weighted by Gasteiger charge is 2.64. The number of ketones is 2. The van der Waals surface area contributed by atoms with Crippen molar-refractivity contribution in [3.8, 4) is 0 Å². The van der Waals surface area contributed by atoms with Crippen molar-refractivity contribution in [1.82, 2.24) is 9.88 Å². The first-order chi connectivity index (χ1) is 13.6. The molecule has 9 heteroatoms. The van der Waals surface area contributed by atoms with Gasteiger partial charge in [0.25, 0.3) is 5.91 Å². The Morgan fingerprint density at radius 3 is 2.62 bits per heavy atom. The number of fused-ring (bicyclic) bond motifs is 3. The van der Waals surface area contributed by atoms with E-state index < -0.39 is 52.3 Å². The molecule has 5 N–H and O–H groups in total. The smallest absolute Gasteiger partial charge is 0.255 e. The van der Waals surface area contributed by atoms with Crippen molar-refractivity contribution in [2.75, 3.05) is 14.1 Å². The van der Waals surface area contributed by atoms with Crippen LogP contribution in [0.4, 0.5) is 0 Å². The number of primary amides is 1. The summed E-state index contributed by atoms with van der Waals surface area (Å²) in [6, 6.07) is 2.18. The zero-order valence-corrected chi connectivity index (χ0v) is 15.9. The summed E-state index contributed by atoms with van der Waals surface area (Å²) in [5, 5.41) is 32.8. The van der Waals surface area contributed by atoms with Crippen molar-refractivity contribution < 1.29 is 29.7 Å². The van der Waals surface area contributed by atoms with Gasteiger partial charge in [-0.15, -0.1) is 0 Å². The van der Waals surface area contributed by atoms with E-state index in [9.17, 15) is 29.7 Å². The number of carbonyl (C=O) groups is 3. The van der Waals surface area contributed by atoms with Gasteiger partial charge in [-0.1, -0.05) is 0 Å². The van der Waals surface area contributed by atoms with Gasteiger partial charge < -0.3 is 21.1 Å². The molecule has 4 rings (SSSR count). The summed E-state index contributed by atoms with van der Waals surface area (Å²) in [7, 11) is 3.16. The third kappa shape index (κ3) is 2.41. The Hall–Kier alpha value is -3.04. The maximum absolute atomic E-state index is 13.4. The van der Waals surface area contributed by atoms with E-state index in [1.807, 2.05) is 0 Å². The van der Waals surface area contributed by atoms with E-state index in [1.54, 1.807) is 32.4 Å². The number of aromatic nitrogens is 1. The number of Topliss-reactive ketones (excluding diaryl/α,β-unsaturated/α-hetero) is 2. The van der Waals surface area contributed by atoms with Gasteiger partial charge in [-0.05, 0) is 45.0 Å². The second-order valence-electron chi connectivity index (χ2n) is 7.96. The molecule has 3 aliphatic rings. The quantitative estimate of drug-likeness (QED) is 0.492. The fourth-order valence-corrected chi connectivity index (χ4v) is 4.95. The van der Waals surface area contributed by atoms with Crippen LogP contribution in [0.2, 0.25) is 0 Å². The zero-order valence-electron chi connectivity index (χ0n) is 15.9. The Balaban J connectivity index is 1.97. The lowest BCUT2D eigenvalue weighted by molar-refractivity contribution is -0.153. The minimum atomic E-state index is -2.53. The standard InChI is InChI=1S/C20H21N3O6/c1-23(2)14-10-6-8-7-11-9(4-3-5-22-11)15(24)12(8)17(26)20(10,29)18(27)13(16(14)25)19(21)28/h3-5,8,10,14,24,27,29H,6-7H2,1-2H3,(H2,21,28)/t8-,10+,14+,20+/m1/s1. The Morgan fingerprint density at radius 1 is 1.31 bits per heavy atom. The van der Waals surface area contributed by atoms with Crippen LogP contribution in [0.1, 0.15) is 17.7 Å². The average molecular weight is 399 g/mol. The third-order valence-electron chi connectivity index (χ3n) is 6.21. The minimum Gasteiger partial charge on any atom is -0.508 e. The van der Waals surface area contributed by atoms with Crippen LogP contribution in [0.15, 0.2) is 35.2 Å². The molecule has 1 saturated carbocycles. The number of aliphatic hydroxyl groups excluding tert-OH is 2. The summed E-state index contributed by atoms with van der Waals surface area (Å²) in [6.07, 6.45) is 2.05. The number of pyridine rings is 1. The first-order valence-corrected chi connectivity index (χ1v) is 9.19. The van der Waals surface area contributed by atoms with E-state index in [0.717, 1.165) is 0 Å². The number of rotatable bonds is 2. The van der Waals surface area contributed by atoms with Gasteiger partial charge >= 0.3 is 0 Å². The molecule has 1 amide bonds. The number of carbonyl (C=O) groups excluding carboxylic acids is 3. The van der Waals surface area contributed by atoms with Crippen molar-refractivity contribution in [3.63, 3.8) is 0 Å². The Labute approximate surface area is 166 Å². The van der Waals surface area contributed by atoms with Gasteiger partial charge in [0.15, 0.2) is 11.4 Å². The van der Waals surface area contributed by atoms with E-state index in [-0.39, 0.29) is 17.8 Å². The van der Waals surface area contributed by atoms with Crippen LogP contribution >= 0.6 is 0 Å². The molecule has 0 bridgehead atoms. The molecule has 4 atom stereocenters. The molecule has 9 nitrogen and oxygen atoms in total. The van der Waals surface area contributed by atoms with E-state index in [0.29, 0.717) is 17.7 Å². The molecule has 29 heavy (non-hydrogen) atoms. The first kappa shape index (κ1) is 19.3. The zero-order chi connectivity index (χ0) is 21.2. The number of nitrogens with two attached hydrogens (primary N) is 1. The fourth-order valence-electron chi connectivity index (χ4n) is 4.95. The Kier molecular flexibility index (Phi) is 4.14. The summed E-state index contributed by atoms with van der Waals surface area (Å²) in [5.74, 6) is -5.76.